The van der Waals surface area contributed by atoms with E-state index < -0.39 is 0 Å². The molecule has 0 saturated heterocycles. The summed E-state index contributed by atoms with van der Waals surface area (Å²) in [6, 6.07) is 8.79. The molecule has 0 aromatic carbocycles. The van der Waals surface area contributed by atoms with Gasteiger partial charge in [-0.1, -0.05) is 13.8 Å². The summed E-state index contributed by atoms with van der Waals surface area (Å²) in [5.74, 6) is 1.16. The fraction of sp³-hybridized carbons (Fsp3) is 0.474. The molecule has 0 aliphatic heterocycles. The minimum Gasteiger partial charge on any atom is -1.00 e. The fourth-order valence-electron chi connectivity index (χ4n) is 2.96. The summed E-state index contributed by atoms with van der Waals surface area (Å²) in [7, 11) is 0. The Kier molecular flexibility index (Phi) is 9.03. The second-order valence-electron chi connectivity index (χ2n) is 6.03. The molecule has 2 heterocycles. The molecule has 2 N–H and O–H groups in total. The largest absolute Gasteiger partial charge is 1.00 e. The second-order valence-corrected chi connectivity index (χ2v) is 6.03. The molecule has 2 aromatic heterocycles. The number of rotatable bonds is 8. The third-order valence-electron chi connectivity index (χ3n) is 4.41. The van der Waals surface area contributed by atoms with Crippen LogP contribution in [0.3, 0.4) is 0 Å². The standard InChI is InChI=1S/C19H28N3.BrH/c1-3-17(19-5-10-21-11-6-19)15-16(2)18-7-13-22(14-8-18)12-4-9-20;/h5-8,10-11,13-14,16-17H,3-4,9,12,15,20H2,1-2H3;1H/q+1;/p-1. The number of pyridine rings is 2. The summed E-state index contributed by atoms with van der Waals surface area (Å²) in [5, 5.41) is 0. The molecule has 2 unspecified atom stereocenters. The molecule has 2 rings (SSSR count). The molecular formula is C19H28BrN3. The van der Waals surface area contributed by atoms with Gasteiger partial charge in [-0.2, -0.15) is 0 Å². The van der Waals surface area contributed by atoms with Crippen LogP contribution in [0, 0.1) is 0 Å². The first-order chi connectivity index (χ1) is 10.7. The van der Waals surface area contributed by atoms with Gasteiger partial charge in [0.2, 0.25) is 0 Å². The van der Waals surface area contributed by atoms with Crippen molar-refractivity contribution in [2.75, 3.05) is 6.54 Å². The molecule has 0 fully saturated rings. The molecule has 23 heavy (non-hydrogen) atoms. The Labute approximate surface area is 150 Å². The lowest BCUT2D eigenvalue weighted by Crippen LogP contribution is -3.00. The van der Waals surface area contributed by atoms with Crippen molar-refractivity contribution in [2.45, 2.75) is 51.5 Å². The molecule has 0 amide bonds. The molecule has 2 aromatic rings. The van der Waals surface area contributed by atoms with E-state index in [4.69, 9.17) is 5.73 Å². The lowest BCUT2D eigenvalue weighted by Gasteiger charge is -2.20. The Bertz CT molecular complexity index is 542. The predicted molar refractivity (Wildman–Crippen MR) is 90.6 cm³/mol. The highest BCUT2D eigenvalue weighted by Gasteiger charge is 2.16. The number of nitrogens with zero attached hydrogens (tertiary/aromatic N) is 2. The van der Waals surface area contributed by atoms with Gasteiger partial charge in [-0.05, 0) is 54.5 Å². The number of nitrogens with two attached hydrogens (primary N) is 1. The molecule has 0 radical (unpaired) electrons. The van der Waals surface area contributed by atoms with Crippen LogP contribution < -0.4 is 27.3 Å². The highest BCUT2D eigenvalue weighted by molar-refractivity contribution is 5.19. The Morgan fingerprint density at radius 1 is 1.09 bits per heavy atom. The van der Waals surface area contributed by atoms with Gasteiger partial charge in [0, 0.05) is 30.9 Å². The van der Waals surface area contributed by atoms with Crippen molar-refractivity contribution in [1.29, 1.82) is 0 Å². The minimum atomic E-state index is 0. The van der Waals surface area contributed by atoms with E-state index in [1.165, 1.54) is 17.5 Å². The van der Waals surface area contributed by atoms with E-state index in [1.54, 1.807) is 0 Å². The van der Waals surface area contributed by atoms with Crippen molar-refractivity contribution in [3.8, 4) is 0 Å². The second kappa shape index (κ2) is 10.5. The molecule has 3 nitrogen and oxygen atoms in total. The van der Waals surface area contributed by atoms with Crippen LogP contribution in [0.1, 0.15) is 56.1 Å². The first-order valence-corrected chi connectivity index (χ1v) is 8.33. The fourth-order valence-corrected chi connectivity index (χ4v) is 2.96. The summed E-state index contributed by atoms with van der Waals surface area (Å²) < 4.78 is 2.21. The molecule has 2 atom stereocenters. The van der Waals surface area contributed by atoms with Crippen molar-refractivity contribution in [3.63, 3.8) is 0 Å². The number of halogens is 1. The van der Waals surface area contributed by atoms with E-state index in [0.717, 1.165) is 25.9 Å². The summed E-state index contributed by atoms with van der Waals surface area (Å²) >= 11 is 0. The van der Waals surface area contributed by atoms with Crippen molar-refractivity contribution in [3.05, 3.63) is 60.2 Å². The van der Waals surface area contributed by atoms with E-state index in [1.807, 2.05) is 12.4 Å². The summed E-state index contributed by atoms with van der Waals surface area (Å²) in [4.78, 5) is 4.12. The number of hydrogen-bond acceptors (Lipinski definition) is 2. The Morgan fingerprint density at radius 2 is 1.74 bits per heavy atom. The van der Waals surface area contributed by atoms with Crippen molar-refractivity contribution in [1.82, 2.24) is 4.98 Å². The van der Waals surface area contributed by atoms with Crippen molar-refractivity contribution >= 4 is 0 Å². The van der Waals surface area contributed by atoms with Gasteiger partial charge < -0.3 is 22.7 Å². The van der Waals surface area contributed by atoms with Crippen molar-refractivity contribution in [2.24, 2.45) is 5.73 Å². The normalized spacial score (nSPS) is 13.2. The van der Waals surface area contributed by atoms with Gasteiger partial charge in [-0.3, -0.25) is 4.98 Å². The topological polar surface area (TPSA) is 42.8 Å². The smallest absolute Gasteiger partial charge is 0.169 e. The highest BCUT2D eigenvalue weighted by atomic mass is 79.9. The third kappa shape index (κ3) is 6.04. The van der Waals surface area contributed by atoms with Crippen LogP contribution in [0.25, 0.3) is 0 Å². The summed E-state index contributed by atoms with van der Waals surface area (Å²) in [5.41, 5.74) is 8.38. The van der Waals surface area contributed by atoms with Crippen LogP contribution in [-0.4, -0.2) is 11.5 Å². The molecule has 0 aliphatic carbocycles. The number of hydrogen-bond donors (Lipinski definition) is 1. The van der Waals surface area contributed by atoms with Gasteiger partial charge >= 0.3 is 0 Å². The van der Waals surface area contributed by atoms with Gasteiger partial charge in [-0.15, -0.1) is 0 Å². The molecule has 126 valence electrons. The SMILES string of the molecule is CCC(CC(C)c1cc[n+](CCCN)cc1)c1ccncc1.[Br-]. The van der Waals surface area contributed by atoms with Gasteiger partial charge in [0.05, 0.1) is 0 Å². The van der Waals surface area contributed by atoms with E-state index in [9.17, 15) is 0 Å². The van der Waals surface area contributed by atoms with Gasteiger partial charge in [0.1, 0.15) is 6.54 Å². The molecular weight excluding hydrogens is 350 g/mol. The average molecular weight is 378 g/mol. The Balaban J connectivity index is 0.00000264. The van der Waals surface area contributed by atoms with E-state index >= 15 is 0 Å². The molecule has 0 aliphatic rings. The Morgan fingerprint density at radius 3 is 2.30 bits per heavy atom. The maximum Gasteiger partial charge on any atom is 0.169 e. The zero-order valence-corrected chi connectivity index (χ0v) is 15.7. The maximum absolute atomic E-state index is 5.56. The van der Waals surface area contributed by atoms with E-state index in [-0.39, 0.29) is 17.0 Å². The van der Waals surface area contributed by atoms with E-state index in [2.05, 4.69) is 60.1 Å². The van der Waals surface area contributed by atoms with Crippen molar-refractivity contribution < 1.29 is 21.5 Å². The number of aryl methyl sites for hydroxylation is 1. The molecule has 0 saturated carbocycles. The average Bonchev–Trinajstić information content (AvgIpc) is 2.58. The van der Waals surface area contributed by atoms with Crippen LogP contribution in [0.4, 0.5) is 0 Å². The molecule has 0 spiro atoms. The molecule has 0 bridgehead atoms. The van der Waals surface area contributed by atoms with E-state index in [0.29, 0.717) is 11.8 Å². The van der Waals surface area contributed by atoms with Crippen LogP contribution in [0.15, 0.2) is 49.1 Å². The monoisotopic (exact) mass is 377 g/mol. The number of aromatic nitrogens is 2. The zero-order chi connectivity index (χ0) is 15.8. The van der Waals surface area contributed by atoms with Gasteiger partial charge in [-0.25, -0.2) is 4.57 Å². The van der Waals surface area contributed by atoms with Gasteiger partial charge in [0.25, 0.3) is 0 Å². The quantitative estimate of drug-likeness (QED) is 0.677. The van der Waals surface area contributed by atoms with Crippen LogP contribution in [0.2, 0.25) is 0 Å². The van der Waals surface area contributed by atoms with Crippen LogP contribution in [0.5, 0.6) is 0 Å². The van der Waals surface area contributed by atoms with Crippen LogP contribution in [-0.2, 0) is 6.54 Å². The Hall–Kier alpha value is -1.26. The first-order valence-electron chi connectivity index (χ1n) is 8.33. The molecule has 4 heteroatoms. The minimum absolute atomic E-state index is 0. The van der Waals surface area contributed by atoms with Gasteiger partial charge in [0.15, 0.2) is 12.4 Å². The third-order valence-corrected chi connectivity index (χ3v) is 4.41. The predicted octanol–water partition coefficient (Wildman–Crippen LogP) is 0.409. The van der Waals surface area contributed by atoms with Crippen LogP contribution >= 0.6 is 0 Å². The highest BCUT2D eigenvalue weighted by Crippen LogP contribution is 2.31. The summed E-state index contributed by atoms with van der Waals surface area (Å²) in [6.45, 7) is 6.34. The maximum atomic E-state index is 5.56. The lowest BCUT2D eigenvalue weighted by molar-refractivity contribution is -0.697. The summed E-state index contributed by atoms with van der Waals surface area (Å²) in [6.07, 6.45) is 11.5. The lowest BCUT2D eigenvalue weighted by atomic mass is 9.85. The zero-order valence-electron chi connectivity index (χ0n) is 14.2. The first kappa shape index (κ1) is 19.8.